The van der Waals surface area contributed by atoms with E-state index >= 15 is 0 Å². The molecule has 1 aliphatic heterocycles. The summed E-state index contributed by atoms with van der Waals surface area (Å²) in [5.74, 6) is 0.794. The average Bonchev–Trinajstić information content (AvgIpc) is 3.07. The van der Waals surface area contributed by atoms with E-state index in [0.29, 0.717) is 46.8 Å². The first-order valence-electron chi connectivity index (χ1n) is 11.8. The minimum Gasteiger partial charge on any atom is -0.490 e. The summed E-state index contributed by atoms with van der Waals surface area (Å²) in [5.41, 5.74) is 2.90. The van der Waals surface area contributed by atoms with Crippen LogP contribution in [0.15, 0.2) is 39.5 Å². The van der Waals surface area contributed by atoms with Crippen molar-refractivity contribution >= 4 is 16.9 Å². The molecule has 2 aromatic carbocycles. The molecular weight excluding hydrogens is 434 g/mol. The first kappa shape index (κ1) is 23.8. The third kappa shape index (κ3) is 4.16. The maximum absolute atomic E-state index is 13.7. The lowest BCUT2D eigenvalue weighted by Gasteiger charge is -2.25. The molecule has 4 rings (SSSR count). The van der Waals surface area contributed by atoms with Crippen LogP contribution in [0.3, 0.4) is 0 Å². The molecule has 0 saturated carbocycles. The number of nitrogens with zero attached hydrogens (tertiary/aromatic N) is 1. The number of β-amino-alcohol motifs (C(OH)–C–C–N with tert-alkyl or cyclic N) is 1. The van der Waals surface area contributed by atoms with E-state index in [2.05, 4.69) is 6.92 Å². The number of hydrogen-bond donors (Lipinski definition) is 1. The molecule has 3 aromatic rings. The van der Waals surface area contributed by atoms with Gasteiger partial charge < -0.3 is 23.9 Å². The second-order valence-electron chi connectivity index (χ2n) is 8.59. The lowest BCUT2D eigenvalue weighted by molar-refractivity contribution is 0.0691. The van der Waals surface area contributed by atoms with Crippen molar-refractivity contribution in [1.29, 1.82) is 0 Å². The molecule has 0 aliphatic carbocycles. The van der Waals surface area contributed by atoms with Gasteiger partial charge in [0, 0.05) is 6.54 Å². The van der Waals surface area contributed by atoms with Gasteiger partial charge in [0.2, 0.25) is 5.76 Å². The van der Waals surface area contributed by atoms with E-state index in [1.165, 1.54) is 4.90 Å². The van der Waals surface area contributed by atoms with Crippen LogP contribution in [0.2, 0.25) is 0 Å². The van der Waals surface area contributed by atoms with Crippen LogP contribution in [-0.4, -0.2) is 42.3 Å². The summed E-state index contributed by atoms with van der Waals surface area (Å²) >= 11 is 0. The predicted molar refractivity (Wildman–Crippen MR) is 130 cm³/mol. The number of hydrogen-bond acceptors (Lipinski definition) is 6. The van der Waals surface area contributed by atoms with E-state index in [4.69, 9.17) is 13.9 Å². The van der Waals surface area contributed by atoms with Crippen LogP contribution < -0.4 is 14.9 Å². The molecule has 1 atom stereocenters. The van der Waals surface area contributed by atoms with Gasteiger partial charge in [0.1, 0.15) is 5.58 Å². The zero-order valence-corrected chi connectivity index (χ0v) is 20.1. The van der Waals surface area contributed by atoms with Crippen molar-refractivity contribution in [3.63, 3.8) is 0 Å². The lowest BCUT2D eigenvalue weighted by atomic mass is 9.96. The lowest BCUT2D eigenvalue weighted by Crippen LogP contribution is -2.32. The number of aliphatic hydroxyl groups is 1. The van der Waals surface area contributed by atoms with E-state index in [9.17, 15) is 14.7 Å². The summed E-state index contributed by atoms with van der Waals surface area (Å²) in [7, 11) is 0. The Morgan fingerprint density at radius 1 is 1.06 bits per heavy atom. The second-order valence-corrected chi connectivity index (χ2v) is 8.59. The van der Waals surface area contributed by atoms with Crippen molar-refractivity contribution in [1.82, 2.24) is 4.90 Å². The van der Waals surface area contributed by atoms with E-state index in [-0.39, 0.29) is 24.3 Å². The largest absolute Gasteiger partial charge is 0.490 e. The molecule has 7 heteroatoms. The predicted octanol–water partition coefficient (Wildman–Crippen LogP) is 4.52. The Bertz CT molecular complexity index is 1280. The number of benzene rings is 2. The number of ether oxygens (including phenoxy) is 2. The van der Waals surface area contributed by atoms with E-state index in [0.717, 1.165) is 24.0 Å². The highest BCUT2D eigenvalue weighted by molar-refractivity contribution is 5.99. The maximum Gasteiger partial charge on any atom is 0.290 e. The number of amides is 1. The summed E-state index contributed by atoms with van der Waals surface area (Å²) in [6, 6.07) is 8.47. The van der Waals surface area contributed by atoms with Gasteiger partial charge >= 0.3 is 0 Å². The van der Waals surface area contributed by atoms with Gasteiger partial charge in [-0.1, -0.05) is 25.5 Å². The first-order valence-corrected chi connectivity index (χ1v) is 11.8. The number of carbonyl (C=O) groups is 1. The highest BCUT2D eigenvalue weighted by Crippen LogP contribution is 2.41. The fourth-order valence-electron chi connectivity index (χ4n) is 4.61. The molecule has 1 N–H and O–H groups in total. The van der Waals surface area contributed by atoms with Crippen LogP contribution in [-0.2, 0) is 0 Å². The van der Waals surface area contributed by atoms with Crippen molar-refractivity contribution in [3.05, 3.63) is 68.6 Å². The Labute approximate surface area is 198 Å². The molecule has 7 nitrogen and oxygen atoms in total. The molecule has 0 saturated heterocycles. The molecule has 1 unspecified atom stereocenters. The Kier molecular flexibility index (Phi) is 6.93. The molecule has 1 amide bonds. The van der Waals surface area contributed by atoms with Crippen LogP contribution in [0.5, 0.6) is 11.5 Å². The molecule has 0 fully saturated rings. The van der Waals surface area contributed by atoms with Gasteiger partial charge in [0.25, 0.3) is 5.91 Å². The normalized spacial score (nSPS) is 15.1. The number of carbonyl (C=O) groups excluding carboxylic acids is 1. The fourth-order valence-corrected chi connectivity index (χ4v) is 4.61. The number of rotatable bonds is 9. The molecule has 0 bridgehead atoms. The molecule has 1 aromatic heterocycles. The van der Waals surface area contributed by atoms with Gasteiger partial charge in [0.05, 0.1) is 36.8 Å². The zero-order chi connectivity index (χ0) is 24.4. The van der Waals surface area contributed by atoms with Crippen molar-refractivity contribution in [2.45, 2.75) is 46.6 Å². The minimum atomic E-state index is -0.695. The van der Waals surface area contributed by atoms with Gasteiger partial charge in [-0.2, -0.15) is 0 Å². The SMILES string of the molecule is CCCCOc1ccc(C2c3c(oc4cc(C)cc(C)c4c3=O)C(=O)N2CCO)cc1OCC. The Morgan fingerprint density at radius 3 is 2.56 bits per heavy atom. The smallest absolute Gasteiger partial charge is 0.290 e. The monoisotopic (exact) mass is 465 g/mol. The third-order valence-corrected chi connectivity index (χ3v) is 6.09. The van der Waals surface area contributed by atoms with Gasteiger partial charge in [-0.3, -0.25) is 9.59 Å². The highest BCUT2D eigenvalue weighted by Gasteiger charge is 2.42. The zero-order valence-electron chi connectivity index (χ0n) is 20.1. The second kappa shape index (κ2) is 9.89. The van der Waals surface area contributed by atoms with E-state index < -0.39 is 11.9 Å². The van der Waals surface area contributed by atoms with Gasteiger partial charge in [0.15, 0.2) is 16.9 Å². The summed E-state index contributed by atoms with van der Waals surface area (Å²) in [6.07, 6.45) is 1.94. The van der Waals surface area contributed by atoms with Gasteiger partial charge in [-0.25, -0.2) is 0 Å². The number of aliphatic hydroxyl groups excluding tert-OH is 1. The Balaban J connectivity index is 1.89. The molecule has 1 aliphatic rings. The van der Waals surface area contributed by atoms with E-state index in [1.54, 1.807) is 6.07 Å². The minimum absolute atomic E-state index is 0.0298. The molecular formula is C27H31NO6. The van der Waals surface area contributed by atoms with Gasteiger partial charge in [-0.15, -0.1) is 0 Å². The van der Waals surface area contributed by atoms with Crippen LogP contribution in [0, 0.1) is 13.8 Å². The number of unbranched alkanes of at least 4 members (excludes halogenated alkanes) is 1. The standard InChI is InChI=1S/C27H31NO6/c1-5-7-12-33-19-9-8-18(15-20(19)32-6-2)24-23-25(30)22-17(4)13-16(3)14-21(22)34-26(23)27(31)28(24)10-11-29/h8-9,13-15,24,29H,5-7,10-12H2,1-4H3. The van der Waals surface area contributed by atoms with Crippen molar-refractivity contribution in [3.8, 4) is 11.5 Å². The summed E-state index contributed by atoms with van der Waals surface area (Å²) in [4.78, 5) is 28.5. The Hall–Kier alpha value is -3.32. The van der Waals surface area contributed by atoms with Crippen LogP contribution in [0.1, 0.15) is 65.5 Å². The van der Waals surface area contributed by atoms with Crippen molar-refractivity contribution in [2.24, 2.45) is 0 Å². The first-order chi connectivity index (χ1) is 16.4. The summed E-state index contributed by atoms with van der Waals surface area (Å²) in [6.45, 7) is 8.62. The topological polar surface area (TPSA) is 89.2 Å². The Morgan fingerprint density at radius 2 is 1.85 bits per heavy atom. The van der Waals surface area contributed by atoms with Gasteiger partial charge in [-0.05, 0) is 62.1 Å². The molecule has 2 heterocycles. The fraction of sp³-hybridized carbons (Fsp3) is 0.407. The summed E-state index contributed by atoms with van der Waals surface area (Å²) in [5, 5.41) is 10.2. The quantitative estimate of drug-likeness (QED) is 0.467. The van der Waals surface area contributed by atoms with Crippen LogP contribution in [0.4, 0.5) is 0 Å². The molecule has 0 radical (unpaired) electrons. The van der Waals surface area contributed by atoms with E-state index in [1.807, 2.05) is 45.0 Å². The van der Waals surface area contributed by atoms with Crippen LogP contribution >= 0.6 is 0 Å². The average molecular weight is 466 g/mol. The molecule has 180 valence electrons. The molecule has 34 heavy (non-hydrogen) atoms. The highest BCUT2D eigenvalue weighted by atomic mass is 16.5. The van der Waals surface area contributed by atoms with Crippen molar-refractivity contribution < 1.29 is 23.8 Å². The molecule has 0 spiro atoms. The third-order valence-electron chi connectivity index (χ3n) is 6.09. The van der Waals surface area contributed by atoms with Crippen LogP contribution in [0.25, 0.3) is 11.0 Å². The maximum atomic E-state index is 13.7. The van der Waals surface area contributed by atoms with Crippen molar-refractivity contribution in [2.75, 3.05) is 26.4 Å². The number of fused-ring (bicyclic) bond motifs is 2. The summed E-state index contributed by atoms with van der Waals surface area (Å²) < 4.78 is 17.8. The number of aryl methyl sites for hydroxylation is 2.